The zero-order chi connectivity index (χ0) is 30.9. The second-order valence-electron chi connectivity index (χ2n) is 12.9. The quantitative estimate of drug-likeness (QED) is 0.421. The Balaban J connectivity index is 1.80. The number of primary amides is 1. The summed E-state index contributed by atoms with van der Waals surface area (Å²) in [6, 6.07) is -0.200. The summed E-state index contributed by atoms with van der Waals surface area (Å²) < 4.78 is 16.0. The van der Waals surface area contributed by atoms with Crippen molar-refractivity contribution in [2.24, 2.45) is 34.8 Å². The molecule has 11 nitrogen and oxygen atoms in total. The van der Waals surface area contributed by atoms with Gasteiger partial charge in [0, 0.05) is 37.1 Å². The van der Waals surface area contributed by atoms with Gasteiger partial charge in [0.15, 0.2) is 34.7 Å². The molecule has 0 saturated heterocycles. The minimum atomic E-state index is -2.85. The fourth-order valence-corrected chi connectivity index (χ4v) is 6.88. The molecule has 0 bridgehead atoms. The van der Waals surface area contributed by atoms with E-state index in [1.54, 1.807) is 0 Å². The number of Topliss-reactive ketones (excluding diaryl/α,β-unsaturated/α-hetero) is 4. The summed E-state index contributed by atoms with van der Waals surface area (Å²) in [5.41, 5.74) is 1.59. The zero-order valence-electron chi connectivity index (χ0n) is 24.0. The van der Waals surface area contributed by atoms with Crippen molar-refractivity contribution < 1.29 is 43.4 Å². The van der Waals surface area contributed by atoms with Crippen LogP contribution in [0.15, 0.2) is 6.07 Å². The molecule has 3 aliphatic rings. The lowest BCUT2D eigenvalue weighted by atomic mass is 9.52. The molecule has 0 aromatic heterocycles. The second-order valence-corrected chi connectivity index (χ2v) is 12.9. The number of aromatic hydroxyl groups is 1. The summed E-state index contributed by atoms with van der Waals surface area (Å²) in [5, 5.41) is 22.5. The number of amides is 2. The molecule has 0 aliphatic heterocycles. The molecule has 2 saturated carbocycles. The first-order valence-electron chi connectivity index (χ1n) is 13.5. The minimum Gasteiger partial charge on any atom is -0.507 e. The number of nitrogens with zero attached hydrogens (tertiary/aromatic N) is 2. The number of benzene rings is 1. The Labute approximate surface area is 236 Å². The van der Waals surface area contributed by atoms with Gasteiger partial charge in [0.2, 0.25) is 11.8 Å². The molecule has 222 valence electrons. The number of carbonyl (C=O) groups excluding carboxylic acids is 6. The van der Waals surface area contributed by atoms with E-state index in [0.717, 1.165) is 6.07 Å². The van der Waals surface area contributed by atoms with Crippen molar-refractivity contribution in [1.82, 2.24) is 9.80 Å². The molecule has 1 aromatic rings. The summed E-state index contributed by atoms with van der Waals surface area (Å²) in [6.07, 6.45) is -0.379. The van der Waals surface area contributed by atoms with Crippen LogP contribution in [-0.2, 0) is 36.9 Å². The number of phenolic OH excluding ortho intramolecular Hbond substituents is 1. The number of nitrogens with two attached hydrogens (primary N) is 1. The van der Waals surface area contributed by atoms with E-state index in [4.69, 9.17) is 5.73 Å². The van der Waals surface area contributed by atoms with Crippen molar-refractivity contribution in [3.63, 3.8) is 0 Å². The Hall–Kier alpha value is -3.51. The van der Waals surface area contributed by atoms with Crippen molar-refractivity contribution in [3.05, 3.63) is 28.6 Å². The van der Waals surface area contributed by atoms with Crippen LogP contribution in [0.5, 0.6) is 5.75 Å². The highest BCUT2D eigenvalue weighted by molar-refractivity contribution is 6.32. The lowest BCUT2D eigenvalue weighted by Crippen LogP contribution is -2.74. The summed E-state index contributed by atoms with van der Waals surface area (Å²) in [7, 11) is 2.97. The maximum absolute atomic E-state index is 16.0. The van der Waals surface area contributed by atoms with Crippen molar-refractivity contribution in [1.29, 1.82) is 0 Å². The van der Waals surface area contributed by atoms with Crippen LogP contribution in [0, 0.1) is 34.9 Å². The van der Waals surface area contributed by atoms with E-state index < -0.39 is 81.5 Å². The molecule has 0 spiro atoms. The Morgan fingerprint density at radius 2 is 1.76 bits per heavy atom. The highest BCUT2D eigenvalue weighted by atomic mass is 19.1. The van der Waals surface area contributed by atoms with Gasteiger partial charge in [0.1, 0.15) is 11.6 Å². The van der Waals surface area contributed by atoms with Crippen molar-refractivity contribution in [3.8, 4) is 5.75 Å². The van der Waals surface area contributed by atoms with E-state index in [0.29, 0.717) is 6.54 Å². The lowest BCUT2D eigenvalue weighted by molar-refractivity contribution is -0.181. The predicted molar refractivity (Wildman–Crippen MR) is 142 cm³/mol. The van der Waals surface area contributed by atoms with Gasteiger partial charge in [-0.15, -0.1) is 0 Å². The van der Waals surface area contributed by atoms with E-state index in [1.807, 2.05) is 20.8 Å². The Morgan fingerprint density at radius 3 is 2.27 bits per heavy atom. The predicted octanol–water partition coefficient (Wildman–Crippen LogP) is 0.401. The van der Waals surface area contributed by atoms with E-state index in [1.165, 1.54) is 30.8 Å². The summed E-state index contributed by atoms with van der Waals surface area (Å²) in [4.78, 5) is 81.1. The SMILES string of the molecule is CC(=O)N(Cc1cc(O)c2c(c1F)C[C@H]1C[C@H]3[C@H](N(C)C)C(=O)C(C(N)=O)C(=O)[C@@]3(O)C(=O)C1C2=O)CC(C)(C)C. The van der Waals surface area contributed by atoms with Gasteiger partial charge in [0.05, 0.1) is 17.5 Å². The highest BCUT2D eigenvalue weighted by Crippen LogP contribution is 2.51. The number of hydrogen-bond acceptors (Lipinski definition) is 9. The third-order valence-electron chi connectivity index (χ3n) is 8.54. The highest BCUT2D eigenvalue weighted by Gasteiger charge is 2.69. The maximum Gasteiger partial charge on any atom is 0.235 e. The topological polar surface area (TPSA) is 175 Å². The number of rotatable bonds is 5. The van der Waals surface area contributed by atoms with Gasteiger partial charge in [-0.2, -0.15) is 0 Å². The molecular formula is C29H36FN3O8. The summed E-state index contributed by atoms with van der Waals surface area (Å²) in [6.45, 7) is 7.23. The Morgan fingerprint density at radius 1 is 1.15 bits per heavy atom. The summed E-state index contributed by atoms with van der Waals surface area (Å²) in [5.74, 6) is -13.3. The minimum absolute atomic E-state index is 0.0101. The fraction of sp³-hybridized carbons (Fsp3) is 0.586. The molecule has 1 aromatic carbocycles. The molecule has 4 rings (SSSR count). The largest absolute Gasteiger partial charge is 0.507 e. The molecule has 2 amide bonds. The first kappa shape index (κ1) is 30.4. The number of phenols is 1. The average Bonchev–Trinajstić information content (AvgIpc) is 2.82. The maximum atomic E-state index is 16.0. The van der Waals surface area contributed by atoms with Crippen LogP contribution in [0.1, 0.15) is 55.6 Å². The van der Waals surface area contributed by atoms with Gasteiger partial charge in [-0.05, 0) is 44.3 Å². The molecule has 3 aliphatic carbocycles. The van der Waals surface area contributed by atoms with Gasteiger partial charge < -0.3 is 20.8 Å². The van der Waals surface area contributed by atoms with Gasteiger partial charge in [-0.1, -0.05) is 20.8 Å². The Bertz CT molecular complexity index is 1380. The van der Waals surface area contributed by atoms with Crippen LogP contribution in [0.25, 0.3) is 0 Å². The molecule has 4 N–H and O–H groups in total. The number of aliphatic hydroxyl groups is 1. The standard InChI is InChI=1S/C29H36FN3O8/c1-12(34)33(11-28(2,3)4)10-14-9-17(35)19-15(21(14)30)7-13-8-16-22(32(5)6)24(37)20(27(31)40)26(39)29(16,41)25(38)18(13)23(19)36/h9,13,16,18,20,22,35,41H,7-8,10-11H2,1-6H3,(H2,31,40)/t13-,16-,18?,20?,22-,29-/m0/s1. The zero-order valence-corrected chi connectivity index (χ0v) is 24.0. The van der Waals surface area contributed by atoms with Gasteiger partial charge in [-0.3, -0.25) is 33.7 Å². The first-order chi connectivity index (χ1) is 18.8. The van der Waals surface area contributed by atoms with Crippen LogP contribution >= 0.6 is 0 Å². The third-order valence-corrected chi connectivity index (χ3v) is 8.54. The average molecular weight is 574 g/mol. The molecule has 41 heavy (non-hydrogen) atoms. The van der Waals surface area contributed by atoms with Gasteiger partial charge in [0.25, 0.3) is 0 Å². The normalized spacial score (nSPS) is 29.6. The molecule has 2 fully saturated rings. The van der Waals surface area contributed by atoms with E-state index >= 15 is 4.39 Å². The van der Waals surface area contributed by atoms with Crippen molar-refractivity contribution in [2.75, 3.05) is 20.6 Å². The van der Waals surface area contributed by atoms with Crippen molar-refractivity contribution >= 4 is 34.9 Å². The molecule has 2 unspecified atom stereocenters. The summed E-state index contributed by atoms with van der Waals surface area (Å²) >= 11 is 0. The number of hydrogen-bond donors (Lipinski definition) is 3. The number of likely N-dealkylation sites (N-methyl/N-ethyl adjacent to an activating group) is 1. The van der Waals surface area contributed by atoms with Crippen molar-refractivity contribution in [2.45, 2.75) is 58.7 Å². The van der Waals surface area contributed by atoms with Crippen LogP contribution in [-0.4, -0.2) is 87.2 Å². The molecular weight excluding hydrogens is 537 g/mol. The Kier molecular flexibility index (Phi) is 7.49. The third kappa shape index (κ3) is 4.76. The van der Waals surface area contributed by atoms with E-state index in [2.05, 4.69) is 0 Å². The van der Waals surface area contributed by atoms with Gasteiger partial charge >= 0.3 is 0 Å². The molecule has 6 atom stereocenters. The number of fused-ring (bicyclic) bond motifs is 3. The van der Waals surface area contributed by atoms with Crippen LogP contribution in [0.3, 0.4) is 0 Å². The fourth-order valence-electron chi connectivity index (χ4n) is 6.88. The number of carbonyl (C=O) groups is 6. The lowest BCUT2D eigenvalue weighted by Gasteiger charge is -2.52. The molecule has 0 radical (unpaired) electrons. The van der Waals surface area contributed by atoms with E-state index in [-0.39, 0.29) is 41.8 Å². The first-order valence-corrected chi connectivity index (χ1v) is 13.5. The monoisotopic (exact) mass is 573 g/mol. The van der Waals surface area contributed by atoms with Crippen LogP contribution in [0.2, 0.25) is 0 Å². The smallest absolute Gasteiger partial charge is 0.235 e. The van der Waals surface area contributed by atoms with Gasteiger partial charge in [-0.25, -0.2) is 4.39 Å². The van der Waals surface area contributed by atoms with E-state index in [9.17, 15) is 39.0 Å². The molecule has 0 heterocycles. The van der Waals surface area contributed by atoms with Crippen LogP contribution < -0.4 is 5.73 Å². The molecule has 12 heteroatoms. The second kappa shape index (κ2) is 10.1. The number of halogens is 1. The van der Waals surface area contributed by atoms with Crippen LogP contribution in [0.4, 0.5) is 4.39 Å². The number of ketones is 4.